The van der Waals surface area contributed by atoms with Gasteiger partial charge in [0.25, 0.3) is 0 Å². The van der Waals surface area contributed by atoms with E-state index >= 15 is 0 Å². The summed E-state index contributed by atoms with van der Waals surface area (Å²) < 4.78 is 0. The molecule has 3 rings (SSSR count). The number of rotatable bonds is 5. The van der Waals surface area contributed by atoms with E-state index in [1.807, 2.05) is 45.3 Å². The molecule has 1 atom stereocenters. The molecule has 1 unspecified atom stereocenters. The van der Waals surface area contributed by atoms with Crippen molar-refractivity contribution in [2.75, 3.05) is 44.4 Å². The van der Waals surface area contributed by atoms with Crippen LogP contribution < -0.4 is 15.5 Å². The monoisotopic (exact) mass is 352 g/mol. The number of benzene rings is 2. The lowest BCUT2D eigenvalue weighted by atomic mass is 10.0. The zero-order valence-corrected chi connectivity index (χ0v) is 16.0. The second-order valence-electron chi connectivity index (χ2n) is 7.24. The number of likely N-dealkylation sites (N-methyl/N-ethyl adjacent to an activating group) is 2. The smallest absolute Gasteiger partial charge is 0.319 e. The van der Waals surface area contributed by atoms with Crippen molar-refractivity contribution in [3.05, 3.63) is 59.2 Å². The van der Waals surface area contributed by atoms with Gasteiger partial charge in [0.15, 0.2) is 0 Å². The maximum atomic E-state index is 12.2. The van der Waals surface area contributed by atoms with Crippen molar-refractivity contribution < 1.29 is 4.79 Å². The molecule has 2 amide bonds. The molecule has 2 N–H and O–H groups in total. The summed E-state index contributed by atoms with van der Waals surface area (Å²) in [4.78, 5) is 16.7. The van der Waals surface area contributed by atoms with Crippen molar-refractivity contribution in [3.8, 4) is 0 Å². The second kappa shape index (κ2) is 7.79. The largest absolute Gasteiger partial charge is 0.374 e. The molecule has 1 aliphatic heterocycles. The van der Waals surface area contributed by atoms with E-state index in [1.165, 1.54) is 22.4 Å². The van der Waals surface area contributed by atoms with E-state index in [2.05, 4.69) is 45.7 Å². The number of hydrogen-bond donors (Lipinski definition) is 2. The highest BCUT2D eigenvalue weighted by Gasteiger charge is 2.20. The quantitative estimate of drug-likeness (QED) is 0.867. The number of urea groups is 1. The van der Waals surface area contributed by atoms with Crippen LogP contribution in [0.4, 0.5) is 16.2 Å². The average molecular weight is 352 g/mol. The first-order chi connectivity index (χ1) is 12.4. The van der Waals surface area contributed by atoms with Crippen LogP contribution in [0.15, 0.2) is 42.5 Å². The second-order valence-corrected chi connectivity index (χ2v) is 7.24. The van der Waals surface area contributed by atoms with Gasteiger partial charge in [-0.2, -0.15) is 0 Å². The number of carbonyl (C=O) groups excluding carboxylic acids is 1. The van der Waals surface area contributed by atoms with E-state index in [9.17, 15) is 4.79 Å². The molecular formula is C21H28N4O. The van der Waals surface area contributed by atoms with Crippen LogP contribution in [0.2, 0.25) is 0 Å². The van der Waals surface area contributed by atoms with Gasteiger partial charge in [-0.05, 0) is 56.8 Å². The van der Waals surface area contributed by atoms with Gasteiger partial charge in [-0.15, -0.1) is 0 Å². The topological polar surface area (TPSA) is 47.6 Å². The average Bonchev–Trinajstić information content (AvgIpc) is 2.97. The fourth-order valence-corrected chi connectivity index (χ4v) is 3.39. The first kappa shape index (κ1) is 18.3. The van der Waals surface area contributed by atoms with Crippen molar-refractivity contribution >= 4 is 17.4 Å². The van der Waals surface area contributed by atoms with Gasteiger partial charge in [0.2, 0.25) is 0 Å². The summed E-state index contributed by atoms with van der Waals surface area (Å²) in [6, 6.07) is 14.4. The molecule has 5 nitrogen and oxygen atoms in total. The van der Waals surface area contributed by atoms with E-state index in [0.29, 0.717) is 6.54 Å². The highest BCUT2D eigenvalue weighted by Crippen LogP contribution is 2.30. The number of carbonyl (C=O) groups is 1. The Morgan fingerprint density at radius 1 is 1.19 bits per heavy atom. The maximum absolute atomic E-state index is 12.2. The predicted octanol–water partition coefficient (Wildman–Crippen LogP) is 3.41. The van der Waals surface area contributed by atoms with Crippen LogP contribution >= 0.6 is 0 Å². The Morgan fingerprint density at radius 2 is 1.92 bits per heavy atom. The molecule has 0 saturated heterocycles. The molecule has 138 valence electrons. The fraction of sp³-hybridized carbons (Fsp3) is 0.381. The van der Waals surface area contributed by atoms with Crippen LogP contribution in [0.5, 0.6) is 0 Å². The molecule has 0 radical (unpaired) electrons. The Bertz CT molecular complexity index is 770. The first-order valence-electron chi connectivity index (χ1n) is 9.06. The molecule has 1 heterocycles. The van der Waals surface area contributed by atoms with Crippen LogP contribution in [0.3, 0.4) is 0 Å². The van der Waals surface area contributed by atoms with Crippen molar-refractivity contribution in [2.45, 2.75) is 19.4 Å². The minimum atomic E-state index is -0.179. The third kappa shape index (κ3) is 4.17. The Labute approximate surface area is 156 Å². The summed E-state index contributed by atoms with van der Waals surface area (Å²) in [5.74, 6) is 0. The number of fused-ring (bicyclic) bond motifs is 1. The summed E-state index contributed by atoms with van der Waals surface area (Å²) in [5.41, 5.74) is 5.91. The third-order valence-corrected chi connectivity index (χ3v) is 5.00. The number of nitrogens with one attached hydrogen (secondary N) is 2. The lowest BCUT2D eigenvalue weighted by Gasteiger charge is -2.26. The van der Waals surface area contributed by atoms with Crippen molar-refractivity contribution in [3.63, 3.8) is 0 Å². The summed E-state index contributed by atoms with van der Waals surface area (Å²) in [7, 11) is 6.22. The molecule has 0 aromatic heterocycles. The summed E-state index contributed by atoms with van der Waals surface area (Å²) in [5, 5.41) is 5.89. The van der Waals surface area contributed by atoms with Crippen molar-refractivity contribution in [1.29, 1.82) is 0 Å². The molecule has 2 aromatic rings. The van der Waals surface area contributed by atoms with Gasteiger partial charge in [0.05, 0.1) is 6.04 Å². The predicted molar refractivity (Wildman–Crippen MR) is 108 cm³/mol. The molecule has 2 aromatic carbocycles. The van der Waals surface area contributed by atoms with Crippen molar-refractivity contribution in [1.82, 2.24) is 10.2 Å². The SMILES string of the molecule is Cc1ccc(NC(=O)NCC(c2ccc3c(c2)CCN3C)N(C)C)cc1. The van der Waals surface area contributed by atoms with Gasteiger partial charge < -0.3 is 20.4 Å². The zero-order valence-electron chi connectivity index (χ0n) is 16.0. The van der Waals surface area contributed by atoms with E-state index in [4.69, 9.17) is 0 Å². The van der Waals surface area contributed by atoms with Crippen LogP contribution in [0, 0.1) is 6.92 Å². The van der Waals surface area contributed by atoms with Gasteiger partial charge in [0.1, 0.15) is 0 Å². The molecule has 26 heavy (non-hydrogen) atoms. The molecular weight excluding hydrogens is 324 g/mol. The van der Waals surface area contributed by atoms with Gasteiger partial charge in [0, 0.05) is 31.5 Å². The number of nitrogens with zero attached hydrogens (tertiary/aromatic N) is 2. The molecule has 0 bridgehead atoms. The number of aryl methyl sites for hydroxylation is 1. The Hall–Kier alpha value is -2.53. The highest BCUT2D eigenvalue weighted by molar-refractivity contribution is 5.89. The zero-order chi connectivity index (χ0) is 18.7. The van der Waals surface area contributed by atoms with E-state index < -0.39 is 0 Å². The van der Waals surface area contributed by atoms with Crippen molar-refractivity contribution in [2.24, 2.45) is 0 Å². The molecule has 0 spiro atoms. The Balaban J connectivity index is 1.64. The number of hydrogen-bond acceptors (Lipinski definition) is 3. The van der Waals surface area contributed by atoms with Crippen LogP contribution in [-0.2, 0) is 6.42 Å². The molecule has 0 aliphatic carbocycles. The molecule has 1 aliphatic rings. The van der Waals surface area contributed by atoms with Gasteiger partial charge >= 0.3 is 6.03 Å². The minimum absolute atomic E-state index is 0.134. The standard InChI is InChI=1S/C21H28N4O/c1-15-5-8-18(9-6-15)23-21(26)22-14-20(24(2)3)16-7-10-19-17(13-16)11-12-25(19)4/h5-10,13,20H,11-12,14H2,1-4H3,(H2,22,23,26). The fourth-order valence-electron chi connectivity index (χ4n) is 3.39. The van der Waals surface area contributed by atoms with Gasteiger partial charge in [-0.25, -0.2) is 4.79 Å². The van der Waals surface area contributed by atoms with Crippen LogP contribution in [-0.4, -0.2) is 45.2 Å². The van der Waals surface area contributed by atoms with Crippen LogP contribution in [0.1, 0.15) is 22.7 Å². The lowest BCUT2D eigenvalue weighted by molar-refractivity contribution is 0.243. The molecule has 0 saturated carbocycles. The molecule has 5 heteroatoms. The first-order valence-corrected chi connectivity index (χ1v) is 9.06. The maximum Gasteiger partial charge on any atom is 0.319 e. The van der Waals surface area contributed by atoms with E-state index in [0.717, 1.165) is 18.7 Å². The van der Waals surface area contributed by atoms with E-state index in [1.54, 1.807) is 0 Å². The Kier molecular flexibility index (Phi) is 5.47. The van der Waals surface area contributed by atoms with E-state index in [-0.39, 0.29) is 12.1 Å². The van der Waals surface area contributed by atoms with Gasteiger partial charge in [-0.1, -0.05) is 29.8 Å². The highest BCUT2D eigenvalue weighted by atomic mass is 16.2. The Morgan fingerprint density at radius 3 is 2.62 bits per heavy atom. The lowest BCUT2D eigenvalue weighted by Crippen LogP contribution is -2.36. The van der Waals surface area contributed by atoms with Gasteiger partial charge in [-0.3, -0.25) is 0 Å². The summed E-state index contributed by atoms with van der Waals surface area (Å²) in [6.07, 6.45) is 1.08. The molecule has 0 fully saturated rings. The number of amides is 2. The normalized spacial score (nSPS) is 14.3. The summed E-state index contributed by atoms with van der Waals surface area (Å²) in [6.45, 7) is 3.65. The summed E-state index contributed by atoms with van der Waals surface area (Å²) >= 11 is 0. The minimum Gasteiger partial charge on any atom is -0.374 e. The third-order valence-electron chi connectivity index (χ3n) is 5.00. The van der Waals surface area contributed by atoms with Crippen LogP contribution in [0.25, 0.3) is 0 Å². The number of anilines is 2.